The van der Waals surface area contributed by atoms with Gasteiger partial charge in [-0.1, -0.05) is 24.6 Å². The summed E-state index contributed by atoms with van der Waals surface area (Å²) in [5.41, 5.74) is 7.02. The molecular weight excluding hydrogens is 266 g/mol. The molecule has 3 nitrogen and oxygen atoms in total. The first-order valence-corrected chi connectivity index (χ1v) is 7.68. The summed E-state index contributed by atoms with van der Waals surface area (Å²) in [6, 6.07) is 8.15. The molecule has 2 rings (SSSR count). The minimum absolute atomic E-state index is 0.363. The van der Waals surface area contributed by atoms with Gasteiger partial charge in [0, 0.05) is 10.7 Å². The molecule has 0 amide bonds. The van der Waals surface area contributed by atoms with Crippen LogP contribution in [0.15, 0.2) is 29.3 Å². The summed E-state index contributed by atoms with van der Waals surface area (Å²) >= 11 is 7.99. The zero-order valence-corrected chi connectivity index (χ0v) is 12.0. The maximum absolute atomic E-state index is 6.03. The fourth-order valence-electron chi connectivity index (χ4n) is 2.10. The van der Waals surface area contributed by atoms with E-state index in [0.29, 0.717) is 12.0 Å². The lowest BCUT2D eigenvalue weighted by Crippen LogP contribution is -2.41. The monoisotopic (exact) mass is 283 g/mol. The van der Waals surface area contributed by atoms with E-state index in [-0.39, 0.29) is 0 Å². The normalized spacial score (nSPS) is 19.1. The highest BCUT2D eigenvalue weighted by Crippen LogP contribution is 2.25. The molecule has 1 heterocycles. The van der Waals surface area contributed by atoms with E-state index in [0.717, 1.165) is 35.2 Å². The van der Waals surface area contributed by atoms with Crippen LogP contribution in [-0.4, -0.2) is 30.1 Å². The molecule has 0 aromatic heterocycles. The van der Waals surface area contributed by atoms with Crippen LogP contribution in [-0.2, 0) is 0 Å². The fourth-order valence-corrected chi connectivity index (χ4v) is 3.01. The highest BCUT2D eigenvalue weighted by atomic mass is 35.5. The van der Waals surface area contributed by atoms with Gasteiger partial charge in [-0.2, -0.15) is 11.8 Å². The van der Waals surface area contributed by atoms with E-state index in [4.69, 9.17) is 17.3 Å². The third-order valence-electron chi connectivity index (χ3n) is 2.96. The molecule has 1 unspecified atom stereocenters. The molecule has 1 aliphatic heterocycles. The molecule has 0 fully saturated rings. The molecule has 1 atom stereocenters. The molecule has 0 aliphatic carbocycles. The zero-order chi connectivity index (χ0) is 13.0. The Labute approximate surface area is 117 Å². The van der Waals surface area contributed by atoms with Crippen molar-refractivity contribution in [1.82, 2.24) is 0 Å². The van der Waals surface area contributed by atoms with Gasteiger partial charge in [0.2, 0.25) is 0 Å². The molecule has 5 heteroatoms. The van der Waals surface area contributed by atoms with Crippen molar-refractivity contribution in [3.05, 3.63) is 29.3 Å². The predicted molar refractivity (Wildman–Crippen MR) is 81.8 cm³/mol. The van der Waals surface area contributed by atoms with Gasteiger partial charge in [0.1, 0.15) is 0 Å². The minimum atomic E-state index is 0.363. The summed E-state index contributed by atoms with van der Waals surface area (Å²) in [6.45, 7) is 2.96. The summed E-state index contributed by atoms with van der Waals surface area (Å²) in [5.74, 6) is 2.89. The predicted octanol–water partition coefficient (Wildman–Crippen LogP) is 2.99. The second kappa shape index (κ2) is 6.34. The average Bonchev–Trinajstić information content (AvgIpc) is 2.71. The number of halogens is 1. The molecule has 0 saturated heterocycles. The van der Waals surface area contributed by atoms with Crippen LogP contribution in [0, 0.1) is 0 Å². The lowest BCUT2D eigenvalue weighted by Gasteiger charge is -2.26. The molecular formula is C13H18ClN3S. The van der Waals surface area contributed by atoms with E-state index >= 15 is 0 Å². The van der Waals surface area contributed by atoms with Crippen molar-refractivity contribution in [2.24, 2.45) is 10.7 Å². The van der Waals surface area contributed by atoms with Crippen molar-refractivity contribution >= 4 is 35.0 Å². The van der Waals surface area contributed by atoms with Crippen LogP contribution in [0.5, 0.6) is 0 Å². The number of nitrogens with two attached hydrogens (primary N) is 1. The Bertz CT molecular complexity index is 436. The largest absolute Gasteiger partial charge is 0.370 e. The van der Waals surface area contributed by atoms with Gasteiger partial charge in [0.15, 0.2) is 5.96 Å². The molecule has 18 heavy (non-hydrogen) atoms. The maximum Gasteiger partial charge on any atom is 0.196 e. The lowest BCUT2D eigenvalue weighted by molar-refractivity contribution is 0.690. The number of nitrogens with zero attached hydrogens (tertiary/aromatic N) is 2. The van der Waals surface area contributed by atoms with Crippen molar-refractivity contribution in [2.45, 2.75) is 19.4 Å². The Morgan fingerprint density at radius 1 is 1.56 bits per heavy atom. The SMILES string of the molecule is CCSCCC1CN=C(N)N1c1cccc(Cl)c1. The Kier molecular flexibility index (Phi) is 4.78. The number of hydrogen-bond donors (Lipinski definition) is 1. The molecule has 0 bridgehead atoms. The Hall–Kier alpha value is -0.870. The van der Waals surface area contributed by atoms with Crippen LogP contribution < -0.4 is 10.6 Å². The van der Waals surface area contributed by atoms with Crippen LogP contribution in [0.1, 0.15) is 13.3 Å². The van der Waals surface area contributed by atoms with E-state index in [2.05, 4.69) is 16.8 Å². The van der Waals surface area contributed by atoms with E-state index in [1.807, 2.05) is 36.0 Å². The first-order chi connectivity index (χ1) is 8.72. The third-order valence-corrected chi connectivity index (χ3v) is 4.13. The summed E-state index contributed by atoms with van der Waals surface area (Å²) < 4.78 is 0. The first kappa shape index (κ1) is 13.6. The Morgan fingerprint density at radius 3 is 3.11 bits per heavy atom. The number of guanidine groups is 1. The quantitative estimate of drug-likeness (QED) is 0.845. The van der Waals surface area contributed by atoms with Crippen molar-refractivity contribution in [3.8, 4) is 0 Å². The van der Waals surface area contributed by atoms with Gasteiger partial charge in [-0.25, -0.2) is 0 Å². The molecule has 0 radical (unpaired) electrons. The van der Waals surface area contributed by atoms with E-state index in [9.17, 15) is 0 Å². The molecule has 1 aromatic carbocycles. The molecule has 98 valence electrons. The van der Waals surface area contributed by atoms with Gasteiger partial charge in [0.05, 0.1) is 12.6 Å². The van der Waals surface area contributed by atoms with E-state index in [1.54, 1.807) is 0 Å². The van der Waals surface area contributed by atoms with Gasteiger partial charge >= 0.3 is 0 Å². The molecule has 2 N–H and O–H groups in total. The topological polar surface area (TPSA) is 41.6 Å². The molecule has 1 aliphatic rings. The highest BCUT2D eigenvalue weighted by Gasteiger charge is 2.26. The average molecular weight is 284 g/mol. The van der Waals surface area contributed by atoms with E-state index < -0.39 is 0 Å². The van der Waals surface area contributed by atoms with Crippen LogP contribution in [0.4, 0.5) is 5.69 Å². The summed E-state index contributed by atoms with van der Waals surface area (Å²) in [5, 5.41) is 0.730. The standard InChI is InChI=1S/C13H18ClN3S/c1-2-18-7-6-12-9-16-13(15)17(12)11-5-3-4-10(14)8-11/h3-5,8,12H,2,6-7,9H2,1H3,(H2,15,16). The number of hydrogen-bond acceptors (Lipinski definition) is 4. The fraction of sp³-hybridized carbons (Fsp3) is 0.462. The van der Waals surface area contributed by atoms with Crippen LogP contribution in [0.25, 0.3) is 0 Å². The lowest BCUT2D eigenvalue weighted by atomic mass is 10.2. The van der Waals surface area contributed by atoms with Gasteiger partial charge in [-0.05, 0) is 36.1 Å². The molecule has 1 aromatic rings. The van der Waals surface area contributed by atoms with Crippen molar-refractivity contribution in [3.63, 3.8) is 0 Å². The number of rotatable bonds is 5. The Morgan fingerprint density at radius 2 is 2.39 bits per heavy atom. The van der Waals surface area contributed by atoms with Crippen LogP contribution in [0.2, 0.25) is 5.02 Å². The molecule has 0 spiro atoms. The van der Waals surface area contributed by atoms with E-state index in [1.165, 1.54) is 0 Å². The van der Waals surface area contributed by atoms with Crippen molar-refractivity contribution < 1.29 is 0 Å². The number of aliphatic imine (C=N–C) groups is 1. The second-order valence-corrected chi connectivity index (χ2v) is 6.02. The zero-order valence-electron chi connectivity index (χ0n) is 10.5. The third kappa shape index (κ3) is 3.12. The van der Waals surface area contributed by atoms with Gasteiger partial charge in [-0.3, -0.25) is 4.99 Å². The Balaban J connectivity index is 2.10. The maximum atomic E-state index is 6.03. The molecule has 0 saturated carbocycles. The first-order valence-electron chi connectivity index (χ1n) is 6.15. The smallest absolute Gasteiger partial charge is 0.196 e. The number of benzene rings is 1. The van der Waals surface area contributed by atoms with Gasteiger partial charge in [0.25, 0.3) is 0 Å². The van der Waals surface area contributed by atoms with Crippen molar-refractivity contribution in [1.29, 1.82) is 0 Å². The summed E-state index contributed by atoms with van der Waals surface area (Å²) in [7, 11) is 0. The summed E-state index contributed by atoms with van der Waals surface area (Å²) in [6.07, 6.45) is 1.09. The second-order valence-electron chi connectivity index (χ2n) is 4.19. The minimum Gasteiger partial charge on any atom is -0.370 e. The van der Waals surface area contributed by atoms with Gasteiger partial charge in [-0.15, -0.1) is 0 Å². The summed E-state index contributed by atoms with van der Waals surface area (Å²) in [4.78, 5) is 6.45. The van der Waals surface area contributed by atoms with Gasteiger partial charge < -0.3 is 10.6 Å². The number of anilines is 1. The van der Waals surface area contributed by atoms with Crippen LogP contribution in [0.3, 0.4) is 0 Å². The number of thioether (sulfide) groups is 1. The van der Waals surface area contributed by atoms with Crippen LogP contribution >= 0.6 is 23.4 Å². The van der Waals surface area contributed by atoms with Crippen molar-refractivity contribution in [2.75, 3.05) is 23.0 Å². The highest BCUT2D eigenvalue weighted by molar-refractivity contribution is 7.99.